The summed E-state index contributed by atoms with van der Waals surface area (Å²) >= 11 is 3.07. The molecule has 0 atom stereocenters. The fraction of sp³-hybridized carbons (Fsp3) is 0.400. The van der Waals surface area contributed by atoms with Gasteiger partial charge in [-0.2, -0.15) is 4.39 Å². The summed E-state index contributed by atoms with van der Waals surface area (Å²) in [6, 6.07) is 1.37. The smallest absolute Gasteiger partial charge is 0.202 e. The lowest BCUT2D eigenvalue weighted by atomic mass is 10.1. The van der Waals surface area contributed by atoms with E-state index in [4.69, 9.17) is 4.74 Å². The molecule has 0 radical (unpaired) electrons. The molecular weight excluding hydrogens is 270 g/mol. The third-order valence-electron chi connectivity index (χ3n) is 2.55. The summed E-state index contributed by atoms with van der Waals surface area (Å²) in [5, 5.41) is 9.73. The van der Waals surface area contributed by atoms with Gasteiger partial charge in [0.2, 0.25) is 5.82 Å². The normalized spacial score (nSPS) is 17.7. The van der Waals surface area contributed by atoms with E-state index >= 15 is 0 Å². The Morgan fingerprint density at radius 2 is 2.00 bits per heavy atom. The first-order chi connectivity index (χ1) is 6.99. The molecule has 0 unspecified atom stereocenters. The van der Waals surface area contributed by atoms with Crippen molar-refractivity contribution in [1.29, 1.82) is 0 Å². The van der Waals surface area contributed by atoms with Gasteiger partial charge < -0.3 is 9.84 Å². The molecule has 0 spiro atoms. The minimum absolute atomic E-state index is 0.00678. The molecule has 15 heavy (non-hydrogen) atoms. The quantitative estimate of drug-likeness (QED) is 0.843. The standard InChI is InChI=1S/C10H9BrF2O2/c1-15-9-6(11)4-5(7(12)8(9)13)10(14)2-3-10/h4,14H,2-3H2,1H3. The third-order valence-corrected chi connectivity index (χ3v) is 3.13. The van der Waals surface area contributed by atoms with Crippen LogP contribution in [0.15, 0.2) is 10.5 Å². The van der Waals surface area contributed by atoms with E-state index in [9.17, 15) is 13.9 Å². The molecule has 0 aliphatic heterocycles. The van der Waals surface area contributed by atoms with Gasteiger partial charge in [-0.3, -0.25) is 0 Å². The summed E-state index contributed by atoms with van der Waals surface area (Å²) in [6.07, 6.45) is 0.921. The molecule has 5 heteroatoms. The van der Waals surface area contributed by atoms with Gasteiger partial charge in [-0.15, -0.1) is 0 Å². The second kappa shape index (κ2) is 3.42. The first-order valence-electron chi connectivity index (χ1n) is 4.44. The Kier molecular flexibility index (Phi) is 2.47. The summed E-state index contributed by atoms with van der Waals surface area (Å²) in [6.45, 7) is 0. The van der Waals surface area contributed by atoms with E-state index < -0.39 is 17.2 Å². The van der Waals surface area contributed by atoms with Crippen LogP contribution in [0.4, 0.5) is 8.78 Å². The predicted molar refractivity (Wildman–Crippen MR) is 53.7 cm³/mol. The van der Waals surface area contributed by atoms with Gasteiger partial charge >= 0.3 is 0 Å². The van der Waals surface area contributed by atoms with E-state index in [1.54, 1.807) is 0 Å². The number of hydrogen-bond donors (Lipinski definition) is 1. The number of halogens is 3. The van der Waals surface area contributed by atoms with Crippen LogP contribution in [0.5, 0.6) is 5.75 Å². The van der Waals surface area contributed by atoms with E-state index in [0.717, 1.165) is 0 Å². The Labute approximate surface area is 94.0 Å². The van der Waals surface area contributed by atoms with Gasteiger partial charge in [0.05, 0.1) is 17.2 Å². The second-order valence-corrected chi connectivity index (χ2v) is 4.45. The molecular formula is C10H9BrF2O2. The average molecular weight is 279 g/mol. The maximum Gasteiger partial charge on any atom is 0.202 e. The lowest BCUT2D eigenvalue weighted by molar-refractivity contribution is 0.145. The SMILES string of the molecule is COc1c(Br)cc(C2(O)CC2)c(F)c1F. The van der Waals surface area contributed by atoms with Gasteiger partial charge in [-0.25, -0.2) is 4.39 Å². The molecule has 1 fully saturated rings. The summed E-state index contributed by atoms with van der Waals surface area (Å²) in [5.41, 5.74) is -1.20. The maximum absolute atomic E-state index is 13.5. The molecule has 0 amide bonds. The number of hydrogen-bond acceptors (Lipinski definition) is 2. The van der Waals surface area contributed by atoms with E-state index in [0.29, 0.717) is 17.3 Å². The zero-order chi connectivity index (χ0) is 11.2. The minimum atomic E-state index is -1.19. The molecule has 0 aromatic heterocycles. The summed E-state index contributed by atoms with van der Waals surface area (Å²) in [5.74, 6) is -2.28. The predicted octanol–water partition coefficient (Wildman–Crippen LogP) is 2.72. The Hall–Kier alpha value is -0.680. The van der Waals surface area contributed by atoms with Gasteiger partial charge in [0.25, 0.3) is 0 Å². The zero-order valence-electron chi connectivity index (χ0n) is 7.98. The maximum atomic E-state index is 13.5. The van der Waals surface area contributed by atoms with Crippen LogP contribution < -0.4 is 4.74 Å². The lowest BCUT2D eigenvalue weighted by Crippen LogP contribution is -2.10. The number of benzene rings is 1. The number of aliphatic hydroxyl groups is 1. The first kappa shape index (κ1) is 10.8. The molecule has 1 N–H and O–H groups in total. The fourth-order valence-corrected chi connectivity index (χ4v) is 2.06. The molecule has 0 heterocycles. The van der Waals surface area contributed by atoms with Crippen molar-refractivity contribution in [2.45, 2.75) is 18.4 Å². The molecule has 1 saturated carbocycles. The lowest BCUT2D eigenvalue weighted by Gasteiger charge is -2.13. The fourth-order valence-electron chi connectivity index (χ4n) is 1.49. The van der Waals surface area contributed by atoms with Crippen molar-refractivity contribution in [3.05, 3.63) is 27.7 Å². The number of ether oxygens (including phenoxy) is 1. The molecule has 2 rings (SSSR count). The number of rotatable bonds is 2. The van der Waals surface area contributed by atoms with Gasteiger partial charge in [0.1, 0.15) is 0 Å². The second-order valence-electron chi connectivity index (χ2n) is 3.60. The van der Waals surface area contributed by atoms with Crippen molar-refractivity contribution in [3.63, 3.8) is 0 Å². The molecule has 1 aliphatic carbocycles. The highest BCUT2D eigenvalue weighted by Gasteiger charge is 2.45. The van der Waals surface area contributed by atoms with Crippen molar-refractivity contribution in [1.82, 2.24) is 0 Å². The minimum Gasteiger partial charge on any atom is -0.492 e. The van der Waals surface area contributed by atoms with Crippen LogP contribution in [0.2, 0.25) is 0 Å². The summed E-state index contributed by atoms with van der Waals surface area (Å²) < 4.78 is 32.0. The zero-order valence-corrected chi connectivity index (χ0v) is 9.57. The molecule has 0 bridgehead atoms. The third kappa shape index (κ3) is 1.63. The molecule has 0 saturated heterocycles. The molecule has 1 aromatic rings. The van der Waals surface area contributed by atoms with Crippen molar-refractivity contribution in [2.75, 3.05) is 7.11 Å². The molecule has 2 nitrogen and oxygen atoms in total. The molecule has 82 valence electrons. The highest BCUT2D eigenvalue weighted by atomic mass is 79.9. The van der Waals surface area contributed by atoms with Gasteiger partial charge in [-0.1, -0.05) is 0 Å². The van der Waals surface area contributed by atoms with Crippen LogP contribution in [0.1, 0.15) is 18.4 Å². The highest BCUT2D eigenvalue weighted by molar-refractivity contribution is 9.10. The van der Waals surface area contributed by atoms with Gasteiger partial charge in [-0.05, 0) is 34.8 Å². The van der Waals surface area contributed by atoms with E-state index in [1.807, 2.05) is 0 Å². The van der Waals surface area contributed by atoms with Crippen LogP contribution in [0.25, 0.3) is 0 Å². The summed E-state index contributed by atoms with van der Waals surface area (Å²) in [4.78, 5) is 0. The topological polar surface area (TPSA) is 29.5 Å². The van der Waals surface area contributed by atoms with Crippen LogP contribution in [0.3, 0.4) is 0 Å². The summed E-state index contributed by atoms with van der Waals surface area (Å²) in [7, 11) is 1.26. The monoisotopic (exact) mass is 278 g/mol. The molecule has 1 aromatic carbocycles. The Balaban J connectivity index is 2.59. The number of methoxy groups -OCH3 is 1. The van der Waals surface area contributed by atoms with Crippen LogP contribution >= 0.6 is 15.9 Å². The van der Waals surface area contributed by atoms with E-state index in [2.05, 4.69) is 15.9 Å². The van der Waals surface area contributed by atoms with Crippen molar-refractivity contribution >= 4 is 15.9 Å². The Morgan fingerprint density at radius 1 is 1.40 bits per heavy atom. The van der Waals surface area contributed by atoms with E-state index in [-0.39, 0.29) is 11.3 Å². The van der Waals surface area contributed by atoms with Crippen molar-refractivity contribution in [2.24, 2.45) is 0 Å². The Bertz CT molecular complexity index is 416. The van der Waals surface area contributed by atoms with Crippen molar-refractivity contribution in [3.8, 4) is 5.75 Å². The first-order valence-corrected chi connectivity index (χ1v) is 5.23. The van der Waals surface area contributed by atoms with Crippen LogP contribution in [-0.2, 0) is 5.60 Å². The molecule has 1 aliphatic rings. The van der Waals surface area contributed by atoms with Crippen LogP contribution in [0, 0.1) is 11.6 Å². The highest BCUT2D eigenvalue weighted by Crippen LogP contribution is 2.48. The van der Waals surface area contributed by atoms with Crippen molar-refractivity contribution < 1.29 is 18.6 Å². The largest absolute Gasteiger partial charge is 0.492 e. The van der Waals surface area contributed by atoms with E-state index in [1.165, 1.54) is 13.2 Å². The van der Waals surface area contributed by atoms with Gasteiger partial charge in [0.15, 0.2) is 11.6 Å². The van der Waals surface area contributed by atoms with Gasteiger partial charge in [0, 0.05) is 5.56 Å². The van der Waals surface area contributed by atoms with Crippen LogP contribution in [-0.4, -0.2) is 12.2 Å². The Morgan fingerprint density at radius 3 is 2.47 bits per heavy atom. The average Bonchev–Trinajstić information content (AvgIpc) is 2.92.